The van der Waals surface area contributed by atoms with Crippen LogP contribution in [0.15, 0.2) is 0 Å². The Balaban J connectivity index is 3.02. The molecule has 0 aliphatic rings. The van der Waals surface area contributed by atoms with Crippen LogP contribution >= 0.6 is 0 Å². The van der Waals surface area contributed by atoms with Crippen molar-refractivity contribution in [2.45, 2.75) is 52.5 Å². The molecule has 0 radical (unpaired) electrons. The number of rotatable bonds is 7. The molecule has 1 unspecified atom stereocenters. The van der Waals surface area contributed by atoms with E-state index in [1.165, 1.54) is 25.7 Å². The molecule has 0 aromatic rings. The first kappa shape index (κ1) is 10.9. The van der Waals surface area contributed by atoms with E-state index in [0.717, 1.165) is 6.54 Å². The van der Waals surface area contributed by atoms with Crippen LogP contribution < -0.4 is 10.9 Å². The fourth-order valence-corrected chi connectivity index (χ4v) is 0.954. The summed E-state index contributed by atoms with van der Waals surface area (Å²) >= 11 is 0. The number of hydrogen-bond donors (Lipinski definition) is 2. The summed E-state index contributed by atoms with van der Waals surface area (Å²) in [6, 6.07) is 0.612. The summed E-state index contributed by atoms with van der Waals surface area (Å²) in [5.41, 5.74) is 6.46. The molecular weight excluding hydrogens is 136 g/mol. The zero-order chi connectivity index (χ0) is 8.53. The highest BCUT2D eigenvalue weighted by molar-refractivity contribution is 4.56. The van der Waals surface area contributed by atoms with Crippen LogP contribution in [0, 0.1) is 0 Å². The van der Waals surface area contributed by atoms with Gasteiger partial charge in [-0.15, -0.1) is 0 Å². The molecule has 0 aromatic carbocycles. The van der Waals surface area contributed by atoms with Gasteiger partial charge in [0.1, 0.15) is 0 Å². The smallest absolute Gasteiger partial charge is 0.0184 e. The van der Waals surface area contributed by atoms with Crippen LogP contribution in [-0.2, 0) is 0 Å². The summed E-state index contributed by atoms with van der Waals surface area (Å²) in [6.07, 6.45) is 5.07. The van der Waals surface area contributed by atoms with E-state index >= 15 is 0 Å². The Kier molecular flexibility index (Phi) is 7.96. The molecule has 2 heteroatoms. The maximum atomic E-state index is 3.27. The SMILES string of the molecule is CCCCC(C)NNCCC. The van der Waals surface area contributed by atoms with Crippen molar-refractivity contribution in [1.82, 2.24) is 10.9 Å². The Hall–Kier alpha value is -0.0800. The topological polar surface area (TPSA) is 24.1 Å². The van der Waals surface area contributed by atoms with Crippen LogP contribution in [0.5, 0.6) is 0 Å². The van der Waals surface area contributed by atoms with Gasteiger partial charge in [0.2, 0.25) is 0 Å². The summed E-state index contributed by atoms with van der Waals surface area (Å²) < 4.78 is 0. The zero-order valence-corrected chi connectivity index (χ0v) is 8.11. The zero-order valence-electron chi connectivity index (χ0n) is 8.11. The molecule has 68 valence electrons. The van der Waals surface area contributed by atoms with Crippen LogP contribution in [0.1, 0.15) is 46.5 Å². The highest BCUT2D eigenvalue weighted by atomic mass is 15.4. The Morgan fingerprint density at radius 2 is 1.91 bits per heavy atom. The van der Waals surface area contributed by atoms with Crippen LogP contribution in [0.2, 0.25) is 0 Å². The standard InChI is InChI=1S/C9H22N2/c1-4-6-7-9(3)11-10-8-5-2/h9-11H,4-8H2,1-3H3. The van der Waals surface area contributed by atoms with Gasteiger partial charge in [-0.25, -0.2) is 0 Å². The number of unbranched alkanes of at least 4 members (excludes halogenated alkanes) is 1. The molecule has 0 rings (SSSR count). The van der Waals surface area contributed by atoms with E-state index in [-0.39, 0.29) is 0 Å². The Bertz CT molecular complexity index is 74.0. The fourth-order valence-electron chi connectivity index (χ4n) is 0.954. The van der Waals surface area contributed by atoms with Gasteiger partial charge < -0.3 is 0 Å². The molecule has 0 fully saturated rings. The Morgan fingerprint density at radius 1 is 1.18 bits per heavy atom. The lowest BCUT2D eigenvalue weighted by atomic mass is 10.1. The minimum Gasteiger partial charge on any atom is -0.258 e. The van der Waals surface area contributed by atoms with Crippen molar-refractivity contribution in [2.24, 2.45) is 0 Å². The van der Waals surface area contributed by atoms with E-state index in [0.29, 0.717) is 6.04 Å². The van der Waals surface area contributed by atoms with E-state index in [1.807, 2.05) is 0 Å². The Labute approximate surface area is 70.7 Å². The first-order valence-corrected chi connectivity index (χ1v) is 4.79. The highest BCUT2D eigenvalue weighted by Crippen LogP contribution is 1.97. The second-order valence-corrected chi connectivity index (χ2v) is 3.11. The summed E-state index contributed by atoms with van der Waals surface area (Å²) in [5.74, 6) is 0. The molecule has 0 heterocycles. The van der Waals surface area contributed by atoms with Crippen LogP contribution in [0.25, 0.3) is 0 Å². The second kappa shape index (κ2) is 8.02. The average molecular weight is 158 g/mol. The molecule has 1 atom stereocenters. The number of nitrogens with one attached hydrogen (secondary N) is 2. The van der Waals surface area contributed by atoms with Crippen molar-refractivity contribution in [2.75, 3.05) is 6.54 Å². The maximum absolute atomic E-state index is 3.27. The summed E-state index contributed by atoms with van der Waals surface area (Å²) in [5, 5.41) is 0. The lowest BCUT2D eigenvalue weighted by molar-refractivity contribution is 0.421. The van der Waals surface area contributed by atoms with Crippen LogP contribution in [0.4, 0.5) is 0 Å². The summed E-state index contributed by atoms with van der Waals surface area (Å²) in [7, 11) is 0. The van der Waals surface area contributed by atoms with Crippen molar-refractivity contribution in [3.63, 3.8) is 0 Å². The molecule has 2 nitrogen and oxygen atoms in total. The van der Waals surface area contributed by atoms with Gasteiger partial charge in [-0.1, -0.05) is 26.7 Å². The van der Waals surface area contributed by atoms with Crippen molar-refractivity contribution >= 4 is 0 Å². The molecule has 11 heavy (non-hydrogen) atoms. The monoisotopic (exact) mass is 158 g/mol. The summed E-state index contributed by atoms with van der Waals surface area (Å²) in [6.45, 7) is 7.69. The molecule has 0 saturated carbocycles. The van der Waals surface area contributed by atoms with Gasteiger partial charge in [0.05, 0.1) is 0 Å². The third-order valence-electron chi connectivity index (χ3n) is 1.71. The lowest BCUT2D eigenvalue weighted by Crippen LogP contribution is -2.39. The molecule has 0 bridgehead atoms. The van der Waals surface area contributed by atoms with Gasteiger partial charge in [0, 0.05) is 12.6 Å². The second-order valence-electron chi connectivity index (χ2n) is 3.11. The van der Waals surface area contributed by atoms with Gasteiger partial charge in [0.15, 0.2) is 0 Å². The van der Waals surface area contributed by atoms with Crippen molar-refractivity contribution in [3.05, 3.63) is 0 Å². The maximum Gasteiger partial charge on any atom is 0.0184 e. The number of hydrogen-bond acceptors (Lipinski definition) is 2. The van der Waals surface area contributed by atoms with Gasteiger partial charge in [-0.05, 0) is 19.8 Å². The minimum absolute atomic E-state index is 0.612. The van der Waals surface area contributed by atoms with Gasteiger partial charge >= 0.3 is 0 Å². The molecular formula is C9H22N2. The van der Waals surface area contributed by atoms with Crippen molar-refractivity contribution in [3.8, 4) is 0 Å². The predicted octanol–water partition coefficient (Wildman–Crippen LogP) is 2.07. The molecule has 0 aliphatic heterocycles. The van der Waals surface area contributed by atoms with E-state index < -0.39 is 0 Å². The quantitative estimate of drug-likeness (QED) is 0.438. The van der Waals surface area contributed by atoms with E-state index in [1.54, 1.807) is 0 Å². The summed E-state index contributed by atoms with van der Waals surface area (Å²) in [4.78, 5) is 0. The van der Waals surface area contributed by atoms with E-state index in [4.69, 9.17) is 0 Å². The molecule has 0 aromatic heterocycles. The van der Waals surface area contributed by atoms with Crippen LogP contribution in [0.3, 0.4) is 0 Å². The minimum atomic E-state index is 0.612. The van der Waals surface area contributed by atoms with Gasteiger partial charge in [0.25, 0.3) is 0 Å². The normalized spacial score (nSPS) is 13.4. The molecule has 0 amide bonds. The van der Waals surface area contributed by atoms with E-state index in [9.17, 15) is 0 Å². The van der Waals surface area contributed by atoms with Crippen molar-refractivity contribution < 1.29 is 0 Å². The molecule has 0 spiro atoms. The van der Waals surface area contributed by atoms with E-state index in [2.05, 4.69) is 31.6 Å². The molecule has 2 N–H and O–H groups in total. The fraction of sp³-hybridized carbons (Fsp3) is 1.00. The van der Waals surface area contributed by atoms with Crippen LogP contribution in [-0.4, -0.2) is 12.6 Å². The highest BCUT2D eigenvalue weighted by Gasteiger charge is 1.97. The lowest BCUT2D eigenvalue weighted by Gasteiger charge is -2.13. The average Bonchev–Trinajstić information content (AvgIpc) is 2.01. The third-order valence-corrected chi connectivity index (χ3v) is 1.71. The first-order valence-electron chi connectivity index (χ1n) is 4.79. The predicted molar refractivity (Wildman–Crippen MR) is 50.4 cm³/mol. The molecule has 0 aliphatic carbocycles. The first-order chi connectivity index (χ1) is 5.31. The molecule has 0 saturated heterocycles. The van der Waals surface area contributed by atoms with Crippen molar-refractivity contribution in [1.29, 1.82) is 0 Å². The van der Waals surface area contributed by atoms with Gasteiger partial charge in [-0.3, -0.25) is 10.9 Å². The Morgan fingerprint density at radius 3 is 2.45 bits per heavy atom. The number of hydrazine groups is 1. The van der Waals surface area contributed by atoms with Gasteiger partial charge in [-0.2, -0.15) is 0 Å². The third kappa shape index (κ3) is 7.82. The largest absolute Gasteiger partial charge is 0.258 e.